The Morgan fingerprint density at radius 1 is 0.914 bits per heavy atom. The molecule has 0 radical (unpaired) electrons. The summed E-state index contributed by atoms with van der Waals surface area (Å²) in [6.45, 7) is 0. The largest absolute Gasteiger partial charge is 0.435 e. The molecule has 0 saturated heterocycles. The van der Waals surface area contributed by atoms with Crippen molar-refractivity contribution in [2.24, 2.45) is 0 Å². The average molecular weight is 493 g/mol. The number of rotatable bonds is 4. The van der Waals surface area contributed by atoms with Gasteiger partial charge in [-0.3, -0.25) is 9.78 Å². The van der Waals surface area contributed by atoms with Gasteiger partial charge in [0.15, 0.2) is 5.69 Å². The van der Waals surface area contributed by atoms with Crippen LogP contribution in [0.5, 0.6) is 0 Å². The van der Waals surface area contributed by atoms with Gasteiger partial charge in [0.1, 0.15) is 0 Å². The third-order valence-corrected chi connectivity index (χ3v) is 5.70. The molecule has 3 aromatic carbocycles. The van der Waals surface area contributed by atoms with Crippen molar-refractivity contribution in [1.82, 2.24) is 14.8 Å². The van der Waals surface area contributed by atoms with Crippen molar-refractivity contribution in [1.29, 1.82) is 0 Å². The van der Waals surface area contributed by atoms with Gasteiger partial charge in [0, 0.05) is 28.4 Å². The number of para-hydroxylation sites is 1. The Bertz CT molecular complexity index is 1540. The van der Waals surface area contributed by atoms with E-state index in [9.17, 15) is 18.0 Å². The molecular weight excluding hydrogens is 477 g/mol. The summed E-state index contributed by atoms with van der Waals surface area (Å²) in [6.07, 6.45) is -2.94. The maximum atomic E-state index is 13.4. The molecule has 0 bridgehead atoms. The van der Waals surface area contributed by atoms with Crippen LogP contribution in [-0.2, 0) is 6.18 Å². The molecule has 0 aliphatic heterocycles. The lowest BCUT2D eigenvalue weighted by atomic mass is 10.1. The molecule has 0 spiro atoms. The summed E-state index contributed by atoms with van der Waals surface area (Å²) in [5.41, 5.74) is 1.67. The topological polar surface area (TPSA) is 59.8 Å². The summed E-state index contributed by atoms with van der Waals surface area (Å²) in [6, 6.07) is 22.8. The lowest BCUT2D eigenvalue weighted by Crippen LogP contribution is -2.11. The molecule has 0 saturated carbocycles. The Labute approximate surface area is 202 Å². The third-order valence-electron chi connectivity index (χ3n) is 5.38. The molecule has 0 fully saturated rings. The van der Waals surface area contributed by atoms with Crippen LogP contribution < -0.4 is 5.32 Å². The van der Waals surface area contributed by atoms with Gasteiger partial charge >= 0.3 is 6.18 Å². The lowest BCUT2D eigenvalue weighted by molar-refractivity contribution is -0.141. The zero-order valence-electron chi connectivity index (χ0n) is 17.9. The van der Waals surface area contributed by atoms with Crippen LogP contribution in [0.4, 0.5) is 18.9 Å². The predicted octanol–water partition coefficient (Wildman–Crippen LogP) is 7.01. The number of aromatic nitrogens is 3. The lowest BCUT2D eigenvalue weighted by Gasteiger charge is -2.10. The fraction of sp³-hybridized carbons (Fsp3) is 0.0385. The van der Waals surface area contributed by atoms with E-state index < -0.39 is 11.9 Å². The van der Waals surface area contributed by atoms with Crippen LogP contribution in [0.1, 0.15) is 16.1 Å². The smallest absolute Gasteiger partial charge is 0.322 e. The molecule has 5 rings (SSSR count). The minimum Gasteiger partial charge on any atom is -0.322 e. The summed E-state index contributed by atoms with van der Waals surface area (Å²) in [4.78, 5) is 17.0. The van der Waals surface area contributed by atoms with Crippen molar-refractivity contribution in [3.05, 3.63) is 107 Å². The monoisotopic (exact) mass is 492 g/mol. The van der Waals surface area contributed by atoms with Crippen LogP contribution in [0.2, 0.25) is 5.02 Å². The van der Waals surface area contributed by atoms with E-state index in [1.807, 2.05) is 24.3 Å². The number of hydrogen-bond acceptors (Lipinski definition) is 3. The van der Waals surface area contributed by atoms with E-state index in [1.165, 1.54) is 0 Å². The molecule has 0 aliphatic carbocycles. The van der Waals surface area contributed by atoms with Gasteiger partial charge in [-0.25, -0.2) is 4.68 Å². The number of amides is 1. The van der Waals surface area contributed by atoms with Crippen molar-refractivity contribution in [2.75, 3.05) is 5.32 Å². The molecule has 174 valence electrons. The zero-order chi connectivity index (χ0) is 24.6. The number of carbonyl (C=O) groups excluding carboxylic acids is 1. The van der Waals surface area contributed by atoms with E-state index in [0.29, 0.717) is 22.5 Å². The normalized spacial score (nSPS) is 11.5. The molecule has 35 heavy (non-hydrogen) atoms. The van der Waals surface area contributed by atoms with Crippen molar-refractivity contribution >= 4 is 34.1 Å². The molecule has 0 unspecified atom stereocenters. The van der Waals surface area contributed by atoms with E-state index in [1.54, 1.807) is 60.8 Å². The standard InChI is InChI=1S/C26H16ClF3N4O/c27-20-5-1-2-6-22(20)34-23(15-24(33-34)26(28,29)30)16-7-9-17(10-8-16)25(35)32-19-11-12-21-18(14-19)4-3-13-31-21/h1-15H,(H,32,35). The van der Waals surface area contributed by atoms with Gasteiger partial charge in [-0.2, -0.15) is 18.3 Å². The van der Waals surface area contributed by atoms with Gasteiger partial charge in [0.25, 0.3) is 5.91 Å². The number of pyridine rings is 1. The van der Waals surface area contributed by atoms with Crippen molar-refractivity contribution in [3.8, 4) is 16.9 Å². The Balaban J connectivity index is 1.45. The molecule has 9 heteroatoms. The fourth-order valence-corrected chi connectivity index (χ4v) is 3.90. The van der Waals surface area contributed by atoms with Crippen molar-refractivity contribution in [3.63, 3.8) is 0 Å². The SMILES string of the molecule is O=C(Nc1ccc2ncccc2c1)c1ccc(-c2cc(C(F)(F)F)nn2-c2ccccc2Cl)cc1. The number of halogens is 4. The number of anilines is 1. The maximum Gasteiger partial charge on any atom is 0.435 e. The second-order valence-electron chi connectivity index (χ2n) is 7.72. The first-order valence-corrected chi connectivity index (χ1v) is 10.9. The number of hydrogen-bond donors (Lipinski definition) is 1. The summed E-state index contributed by atoms with van der Waals surface area (Å²) >= 11 is 6.22. The number of nitrogens with one attached hydrogen (secondary N) is 1. The molecule has 0 aliphatic rings. The second kappa shape index (κ2) is 8.88. The molecule has 0 atom stereocenters. The van der Waals surface area contributed by atoms with Crippen molar-refractivity contribution in [2.45, 2.75) is 6.18 Å². The molecule has 5 nitrogen and oxygen atoms in total. The van der Waals surface area contributed by atoms with Crippen LogP contribution in [0.25, 0.3) is 27.8 Å². The summed E-state index contributed by atoms with van der Waals surface area (Å²) in [5, 5.41) is 7.72. The van der Waals surface area contributed by atoms with Crippen LogP contribution in [0.15, 0.2) is 91.1 Å². The van der Waals surface area contributed by atoms with Gasteiger partial charge in [0.2, 0.25) is 0 Å². The molecule has 1 amide bonds. The highest BCUT2D eigenvalue weighted by Crippen LogP contribution is 2.34. The van der Waals surface area contributed by atoms with Crippen LogP contribution in [0, 0.1) is 0 Å². The van der Waals surface area contributed by atoms with E-state index in [2.05, 4.69) is 15.4 Å². The Hall–Kier alpha value is -4.17. The Morgan fingerprint density at radius 3 is 2.43 bits per heavy atom. The predicted molar refractivity (Wildman–Crippen MR) is 129 cm³/mol. The summed E-state index contributed by atoms with van der Waals surface area (Å²) in [5.74, 6) is -0.351. The Morgan fingerprint density at radius 2 is 1.69 bits per heavy atom. The van der Waals surface area contributed by atoms with Gasteiger partial charge in [-0.05, 0) is 54.6 Å². The third kappa shape index (κ3) is 4.61. The second-order valence-corrected chi connectivity index (χ2v) is 8.13. The number of nitrogens with zero attached hydrogens (tertiary/aromatic N) is 3. The first kappa shape index (κ1) is 22.6. The zero-order valence-corrected chi connectivity index (χ0v) is 18.7. The minimum atomic E-state index is -4.63. The molecule has 2 aromatic heterocycles. The molecule has 2 heterocycles. The first-order chi connectivity index (χ1) is 16.8. The van der Waals surface area contributed by atoms with E-state index in [0.717, 1.165) is 21.7 Å². The molecular formula is C26H16ClF3N4O. The Kier molecular flexibility index (Phi) is 5.74. The van der Waals surface area contributed by atoms with Gasteiger partial charge in [-0.1, -0.05) is 41.9 Å². The highest BCUT2D eigenvalue weighted by Gasteiger charge is 2.35. The highest BCUT2D eigenvalue weighted by molar-refractivity contribution is 6.32. The number of alkyl halides is 3. The quantitative estimate of drug-likeness (QED) is 0.293. The number of fused-ring (bicyclic) bond motifs is 1. The van der Waals surface area contributed by atoms with Gasteiger partial charge in [-0.15, -0.1) is 0 Å². The first-order valence-electron chi connectivity index (χ1n) is 10.5. The summed E-state index contributed by atoms with van der Waals surface area (Å²) < 4.78 is 41.4. The minimum absolute atomic E-state index is 0.194. The highest BCUT2D eigenvalue weighted by atomic mass is 35.5. The van der Waals surface area contributed by atoms with Gasteiger partial charge in [0.05, 0.1) is 21.9 Å². The fourth-order valence-electron chi connectivity index (χ4n) is 3.68. The average Bonchev–Trinajstić information content (AvgIpc) is 3.30. The van der Waals surface area contributed by atoms with Crippen LogP contribution >= 0.6 is 11.6 Å². The number of benzene rings is 3. The van der Waals surface area contributed by atoms with E-state index >= 15 is 0 Å². The number of carbonyl (C=O) groups is 1. The van der Waals surface area contributed by atoms with Gasteiger partial charge < -0.3 is 5.32 Å². The van der Waals surface area contributed by atoms with Crippen LogP contribution in [0.3, 0.4) is 0 Å². The summed E-state index contributed by atoms with van der Waals surface area (Å²) in [7, 11) is 0. The maximum absolute atomic E-state index is 13.4. The van der Waals surface area contributed by atoms with E-state index in [4.69, 9.17) is 11.6 Å². The molecule has 5 aromatic rings. The van der Waals surface area contributed by atoms with Crippen LogP contribution in [-0.4, -0.2) is 20.7 Å². The molecule has 1 N–H and O–H groups in total. The van der Waals surface area contributed by atoms with Crippen molar-refractivity contribution < 1.29 is 18.0 Å². The van der Waals surface area contributed by atoms with E-state index in [-0.39, 0.29) is 16.6 Å².